The maximum atomic E-state index is 5.74. The maximum absolute atomic E-state index is 5.74. The van der Waals surface area contributed by atoms with Gasteiger partial charge in [-0.05, 0) is 25.8 Å². The second kappa shape index (κ2) is 5.72. The molecule has 2 aromatic rings. The number of thiazole rings is 1. The van der Waals surface area contributed by atoms with E-state index in [1.807, 2.05) is 17.4 Å². The van der Waals surface area contributed by atoms with Gasteiger partial charge in [0.1, 0.15) is 0 Å². The summed E-state index contributed by atoms with van der Waals surface area (Å²) in [5.41, 5.74) is 8.06. The monoisotopic (exact) mass is 273 g/mol. The second-order valence-corrected chi connectivity index (χ2v) is 5.93. The van der Waals surface area contributed by atoms with Crippen molar-refractivity contribution in [3.63, 3.8) is 0 Å². The van der Waals surface area contributed by atoms with Crippen molar-refractivity contribution in [1.82, 2.24) is 4.98 Å². The quantitative estimate of drug-likeness (QED) is 0.931. The summed E-state index contributed by atoms with van der Waals surface area (Å²) in [7, 11) is 0. The standard InChI is InChI=1S/C15H19N3S/c16-9-8-13-14(12-6-2-1-3-7-12)17-15(19-13)18-10-4-5-11-18/h1-3,6-7H,4-5,8-11,16H2. The molecule has 1 aromatic carbocycles. The third-order valence-corrected chi connectivity index (χ3v) is 4.66. The summed E-state index contributed by atoms with van der Waals surface area (Å²) in [5, 5.41) is 1.17. The largest absolute Gasteiger partial charge is 0.348 e. The first-order chi connectivity index (χ1) is 9.38. The van der Waals surface area contributed by atoms with E-state index in [-0.39, 0.29) is 0 Å². The molecule has 4 heteroatoms. The number of hydrogen-bond acceptors (Lipinski definition) is 4. The van der Waals surface area contributed by atoms with Crippen molar-refractivity contribution >= 4 is 16.5 Å². The molecule has 1 aliphatic heterocycles. The van der Waals surface area contributed by atoms with Gasteiger partial charge in [0.15, 0.2) is 5.13 Å². The third kappa shape index (κ3) is 2.65. The van der Waals surface area contributed by atoms with E-state index >= 15 is 0 Å². The van der Waals surface area contributed by atoms with E-state index in [1.165, 1.54) is 28.4 Å². The predicted molar refractivity (Wildman–Crippen MR) is 81.8 cm³/mol. The molecule has 19 heavy (non-hydrogen) atoms. The summed E-state index contributed by atoms with van der Waals surface area (Å²) >= 11 is 1.81. The molecular formula is C15H19N3S. The van der Waals surface area contributed by atoms with E-state index in [2.05, 4.69) is 29.2 Å². The predicted octanol–water partition coefficient (Wildman–Crippen LogP) is 2.91. The minimum atomic E-state index is 0.682. The Hall–Kier alpha value is -1.39. The molecule has 2 heterocycles. The number of rotatable bonds is 4. The van der Waals surface area contributed by atoms with Crippen molar-refractivity contribution < 1.29 is 0 Å². The lowest BCUT2D eigenvalue weighted by atomic mass is 10.1. The highest BCUT2D eigenvalue weighted by Gasteiger charge is 2.19. The minimum Gasteiger partial charge on any atom is -0.348 e. The molecule has 2 N–H and O–H groups in total. The van der Waals surface area contributed by atoms with Crippen molar-refractivity contribution in [2.75, 3.05) is 24.5 Å². The zero-order valence-electron chi connectivity index (χ0n) is 11.0. The van der Waals surface area contributed by atoms with Crippen molar-refractivity contribution in [2.24, 2.45) is 5.73 Å². The summed E-state index contributed by atoms with van der Waals surface area (Å²) in [6.07, 6.45) is 3.48. The third-order valence-electron chi connectivity index (χ3n) is 3.48. The van der Waals surface area contributed by atoms with Gasteiger partial charge < -0.3 is 10.6 Å². The lowest BCUT2D eigenvalue weighted by Crippen LogP contribution is -2.17. The Morgan fingerprint density at radius 1 is 1.16 bits per heavy atom. The lowest BCUT2D eigenvalue weighted by molar-refractivity contribution is 0.949. The van der Waals surface area contributed by atoms with Crippen LogP contribution in [0.2, 0.25) is 0 Å². The smallest absolute Gasteiger partial charge is 0.186 e. The first-order valence-corrected chi connectivity index (χ1v) is 7.70. The fourth-order valence-corrected chi connectivity index (χ4v) is 3.65. The Labute approximate surface area is 118 Å². The van der Waals surface area contributed by atoms with Gasteiger partial charge in [0, 0.05) is 23.5 Å². The van der Waals surface area contributed by atoms with Crippen LogP contribution in [0.4, 0.5) is 5.13 Å². The minimum absolute atomic E-state index is 0.682. The van der Waals surface area contributed by atoms with Crippen LogP contribution in [0.25, 0.3) is 11.3 Å². The highest BCUT2D eigenvalue weighted by Crippen LogP contribution is 2.34. The Kier molecular flexibility index (Phi) is 3.80. The van der Waals surface area contributed by atoms with E-state index in [9.17, 15) is 0 Å². The number of nitrogens with zero attached hydrogens (tertiary/aromatic N) is 2. The molecule has 0 aliphatic carbocycles. The van der Waals surface area contributed by atoms with Gasteiger partial charge in [-0.2, -0.15) is 0 Å². The topological polar surface area (TPSA) is 42.1 Å². The summed E-state index contributed by atoms with van der Waals surface area (Å²) in [6, 6.07) is 10.4. The Bertz CT molecular complexity index is 530. The van der Waals surface area contributed by atoms with E-state index < -0.39 is 0 Å². The van der Waals surface area contributed by atoms with Crippen LogP contribution in [0.3, 0.4) is 0 Å². The van der Waals surface area contributed by atoms with E-state index in [1.54, 1.807) is 0 Å². The number of nitrogens with two attached hydrogens (primary N) is 1. The number of benzene rings is 1. The van der Waals surface area contributed by atoms with Crippen LogP contribution in [0.15, 0.2) is 30.3 Å². The Morgan fingerprint density at radius 3 is 2.58 bits per heavy atom. The van der Waals surface area contributed by atoms with Gasteiger partial charge in [-0.3, -0.25) is 0 Å². The number of aromatic nitrogens is 1. The van der Waals surface area contributed by atoms with Crippen molar-refractivity contribution in [3.05, 3.63) is 35.2 Å². The molecule has 1 saturated heterocycles. The van der Waals surface area contributed by atoms with Crippen molar-refractivity contribution in [1.29, 1.82) is 0 Å². The highest BCUT2D eigenvalue weighted by molar-refractivity contribution is 7.16. The van der Waals surface area contributed by atoms with Crippen LogP contribution < -0.4 is 10.6 Å². The SMILES string of the molecule is NCCc1sc(N2CCCC2)nc1-c1ccccc1. The van der Waals surface area contributed by atoms with Gasteiger partial charge in [0.25, 0.3) is 0 Å². The highest BCUT2D eigenvalue weighted by atomic mass is 32.1. The zero-order chi connectivity index (χ0) is 13.1. The van der Waals surface area contributed by atoms with Crippen LogP contribution in [0.5, 0.6) is 0 Å². The summed E-state index contributed by atoms with van der Waals surface area (Å²) in [4.78, 5) is 8.59. The average molecular weight is 273 g/mol. The van der Waals surface area contributed by atoms with Gasteiger partial charge in [-0.1, -0.05) is 30.3 Å². The first kappa shape index (κ1) is 12.6. The van der Waals surface area contributed by atoms with Crippen molar-refractivity contribution in [3.8, 4) is 11.3 Å². The first-order valence-electron chi connectivity index (χ1n) is 6.88. The molecule has 0 bridgehead atoms. The van der Waals surface area contributed by atoms with E-state index in [0.717, 1.165) is 25.2 Å². The van der Waals surface area contributed by atoms with Crippen molar-refractivity contribution in [2.45, 2.75) is 19.3 Å². The molecule has 3 nitrogen and oxygen atoms in total. The Balaban J connectivity index is 1.97. The zero-order valence-corrected chi connectivity index (χ0v) is 11.8. The molecule has 0 unspecified atom stereocenters. The molecule has 0 saturated carbocycles. The van der Waals surface area contributed by atoms with Gasteiger partial charge in [-0.25, -0.2) is 4.98 Å². The fourth-order valence-electron chi connectivity index (χ4n) is 2.51. The van der Waals surface area contributed by atoms with Crippen LogP contribution >= 0.6 is 11.3 Å². The molecular weight excluding hydrogens is 254 g/mol. The molecule has 1 fully saturated rings. The average Bonchev–Trinajstić information content (AvgIpc) is 3.08. The van der Waals surface area contributed by atoms with Crippen LogP contribution in [-0.4, -0.2) is 24.6 Å². The van der Waals surface area contributed by atoms with Gasteiger partial charge in [0.2, 0.25) is 0 Å². The Morgan fingerprint density at radius 2 is 1.89 bits per heavy atom. The molecule has 0 radical (unpaired) electrons. The molecule has 1 aliphatic rings. The molecule has 0 atom stereocenters. The molecule has 0 spiro atoms. The molecule has 3 rings (SSSR count). The van der Waals surface area contributed by atoms with Crippen LogP contribution in [0, 0.1) is 0 Å². The fraction of sp³-hybridized carbons (Fsp3) is 0.400. The van der Waals surface area contributed by atoms with Crippen LogP contribution in [-0.2, 0) is 6.42 Å². The number of anilines is 1. The normalized spacial score (nSPS) is 15.1. The summed E-state index contributed by atoms with van der Waals surface area (Å²) in [5.74, 6) is 0. The maximum Gasteiger partial charge on any atom is 0.186 e. The number of hydrogen-bond donors (Lipinski definition) is 1. The van der Waals surface area contributed by atoms with Crippen LogP contribution in [0.1, 0.15) is 17.7 Å². The van der Waals surface area contributed by atoms with Gasteiger partial charge >= 0.3 is 0 Å². The molecule has 1 aromatic heterocycles. The lowest BCUT2D eigenvalue weighted by Gasteiger charge is -2.12. The van der Waals surface area contributed by atoms with E-state index in [0.29, 0.717) is 6.54 Å². The molecule has 100 valence electrons. The summed E-state index contributed by atoms with van der Waals surface area (Å²) in [6.45, 7) is 2.97. The second-order valence-electron chi connectivity index (χ2n) is 4.87. The van der Waals surface area contributed by atoms with Gasteiger partial charge in [0.05, 0.1) is 5.69 Å². The van der Waals surface area contributed by atoms with Gasteiger partial charge in [-0.15, -0.1) is 11.3 Å². The van der Waals surface area contributed by atoms with E-state index in [4.69, 9.17) is 10.7 Å². The summed E-state index contributed by atoms with van der Waals surface area (Å²) < 4.78 is 0. The molecule has 0 amide bonds.